The van der Waals surface area contributed by atoms with E-state index in [9.17, 15) is 22.8 Å². The van der Waals surface area contributed by atoms with Crippen LogP contribution >= 0.6 is 0 Å². The molecule has 0 bridgehead atoms. The lowest BCUT2D eigenvalue weighted by atomic mass is 9.93. The second kappa shape index (κ2) is 10.4. The largest absolute Gasteiger partial charge is 0.356 e. The number of rotatable bonds is 7. The molecule has 0 aromatic heterocycles. The van der Waals surface area contributed by atoms with Crippen molar-refractivity contribution in [3.63, 3.8) is 0 Å². The summed E-state index contributed by atoms with van der Waals surface area (Å²) < 4.78 is 37.9. The first-order chi connectivity index (χ1) is 17.0. The van der Waals surface area contributed by atoms with E-state index in [1.165, 1.54) is 0 Å². The first-order valence-electron chi connectivity index (χ1n) is 13.0. The molecule has 202 valence electrons. The van der Waals surface area contributed by atoms with Gasteiger partial charge in [-0.2, -0.15) is 0 Å². The molecule has 0 spiro atoms. The summed E-state index contributed by atoms with van der Waals surface area (Å²) in [4.78, 5) is 41.9. The van der Waals surface area contributed by atoms with Crippen molar-refractivity contribution < 1.29 is 32.3 Å². The van der Waals surface area contributed by atoms with Gasteiger partial charge < -0.3 is 19.7 Å². The highest BCUT2D eigenvalue weighted by atomic mass is 32.2. The monoisotopic (exact) mass is 525 g/mol. The standard InChI is InChI=1S/C25H39N3O7S/c1-4-34-16-35-18-13-19-20(14-18)22(30)28(3)12-8-6-5-7-9-17-15-25(17,26-21(19)29)23(31)27-36(32,33)24(2)10-11-24/h7,9,17-20H,4-6,8,10-16H2,1-3H3,(H,26,29)(H,27,31). The van der Waals surface area contributed by atoms with Gasteiger partial charge >= 0.3 is 0 Å². The van der Waals surface area contributed by atoms with E-state index in [1.54, 1.807) is 18.9 Å². The molecule has 10 nitrogen and oxygen atoms in total. The molecule has 0 aromatic rings. The SMILES string of the molecule is CCOCOC1CC2C(=O)NC3(C(=O)NS(=O)(=O)C4(C)CC4)CC3C=CCCCCN(C)C(=O)C2C1. The third-order valence-corrected chi connectivity index (χ3v) is 10.4. The van der Waals surface area contributed by atoms with Gasteiger partial charge in [0.1, 0.15) is 12.3 Å². The van der Waals surface area contributed by atoms with Crippen LogP contribution in [0.3, 0.4) is 0 Å². The number of allylic oxidation sites excluding steroid dienone is 1. The highest BCUT2D eigenvalue weighted by molar-refractivity contribution is 7.91. The van der Waals surface area contributed by atoms with Crippen molar-refractivity contribution in [2.24, 2.45) is 17.8 Å². The van der Waals surface area contributed by atoms with Gasteiger partial charge in [-0.3, -0.25) is 19.1 Å². The highest BCUT2D eigenvalue weighted by Crippen LogP contribution is 2.48. The molecule has 0 radical (unpaired) electrons. The molecule has 1 heterocycles. The summed E-state index contributed by atoms with van der Waals surface area (Å²) in [5, 5.41) is 2.89. The van der Waals surface area contributed by atoms with Gasteiger partial charge in [-0.15, -0.1) is 0 Å². The summed E-state index contributed by atoms with van der Waals surface area (Å²) >= 11 is 0. The fraction of sp³-hybridized carbons (Fsp3) is 0.800. The molecule has 5 atom stereocenters. The second-order valence-corrected chi connectivity index (χ2v) is 13.1. The molecular weight excluding hydrogens is 486 g/mol. The quantitative estimate of drug-likeness (QED) is 0.292. The Bertz CT molecular complexity index is 1010. The Kier molecular flexibility index (Phi) is 7.83. The van der Waals surface area contributed by atoms with E-state index in [4.69, 9.17) is 9.47 Å². The van der Waals surface area contributed by atoms with Crippen LogP contribution < -0.4 is 10.0 Å². The van der Waals surface area contributed by atoms with E-state index in [1.807, 2.05) is 19.1 Å². The summed E-state index contributed by atoms with van der Waals surface area (Å²) in [7, 11) is -2.10. The fourth-order valence-electron chi connectivity index (χ4n) is 5.26. The maximum absolute atomic E-state index is 13.6. The Morgan fingerprint density at radius 3 is 2.64 bits per heavy atom. The number of ether oxygens (including phenoxy) is 2. The third-order valence-electron chi connectivity index (χ3n) is 8.22. The minimum Gasteiger partial charge on any atom is -0.356 e. The molecule has 3 amide bonds. The fourth-order valence-corrected chi connectivity index (χ4v) is 6.57. The van der Waals surface area contributed by atoms with Crippen LogP contribution in [0.25, 0.3) is 0 Å². The molecule has 3 aliphatic carbocycles. The Balaban J connectivity index is 1.57. The third kappa shape index (κ3) is 5.47. The van der Waals surface area contributed by atoms with Gasteiger partial charge in [0.25, 0.3) is 5.91 Å². The lowest BCUT2D eigenvalue weighted by molar-refractivity contribution is -0.140. The number of nitrogens with one attached hydrogen (secondary N) is 2. The van der Waals surface area contributed by atoms with Crippen LogP contribution in [0.5, 0.6) is 0 Å². The molecule has 2 N–H and O–H groups in total. The van der Waals surface area contributed by atoms with Gasteiger partial charge in [0.2, 0.25) is 21.8 Å². The van der Waals surface area contributed by atoms with Crippen LogP contribution in [0.4, 0.5) is 0 Å². The molecule has 1 aliphatic heterocycles. The number of amides is 3. The van der Waals surface area contributed by atoms with Crippen molar-refractivity contribution in [2.45, 2.75) is 81.6 Å². The van der Waals surface area contributed by atoms with E-state index >= 15 is 0 Å². The Hall–Kier alpha value is -1.98. The van der Waals surface area contributed by atoms with Crippen LogP contribution in [0, 0.1) is 17.8 Å². The van der Waals surface area contributed by atoms with Gasteiger partial charge in [-0.1, -0.05) is 12.2 Å². The molecule has 3 fully saturated rings. The molecular formula is C25H39N3O7S. The van der Waals surface area contributed by atoms with Gasteiger partial charge in [-0.05, 0) is 65.2 Å². The minimum absolute atomic E-state index is 0.0854. The Morgan fingerprint density at radius 2 is 1.94 bits per heavy atom. The number of hydrogen-bond donors (Lipinski definition) is 2. The maximum atomic E-state index is 13.6. The highest BCUT2D eigenvalue weighted by Gasteiger charge is 2.63. The zero-order valence-electron chi connectivity index (χ0n) is 21.5. The minimum atomic E-state index is -3.85. The summed E-state index contributed by atoms with van der Waals surface area (Å²) in [5.41, 5.74) is -1.33. The van der Waals surface area contributed by atoms with E-state index in [2.05, 4.69) is 10.0 Å². The van der Waals surface area contributed by atoms with Crippen molar-refractivity contribution in [1.29, 1.82) is 0 Å². The van der Waals surface area contributed by atoms with Crippen molar-refractivity contribution >= 4 is 27.7 Å². The van der Waals surface area contributed by atoms with Crippen LogP contribution in [0.1, 0.15) is 65.2 Å². The average Bonchev–Trinajstić information content (AvgIpc) is 3.70. The smallest absolute Gasteiger partial charge is 0.259 e. The van der Waals surface area contributed by atoms with E-state index in [-0.39, 0.29) is 24.7 Å². The first-order valence-corrected chi connectivity index (χ1v) is 14.5. The number of carbonyl (C=O) groups is 3. The second-order valence-electron chi connectivity index (χ2n) is 10.9. The molecule has 11 heteroatoms. The maximum Gasteiger partial charge on any atom is 0.259 e. The number of nitrogens with zero attached hydrogens (tertiary/aromatic N) is 1. The summed E-state index contributed by atoms with van der Waals surface area (Å²) in [6.07, 6.45) is 8.10. The lowest BCUT2D eigenvalue weighted by Crippen LogP contribution is -2.55. The number of hydrogen-bond acceptors (Lipinski definition) is 7. The molecule has 5 unspecified atom stereocenters. The number of carbonyl (C=O) groups excluding carboxylic acids is 3. The predicted molar refractivity (Wildman–Crippen MR) is 132 cm³/mol. The summed E-state index contributed by atoms with van der Waals surface area (Å²) in [6, 6.07) is 0. The normalized spacial score (nSPS) is 34.2. The average molecular weight is 526 g/mol. The zero-order chi connectivity index (χ0) is 26.1. The van der Waals surface area contributed by atoms with Crippen molar-refractivity contribution in [2.75, 3.05) is 27.0 Å². The number of fused-ring (bicyclic) bond motifs is 2. The molecule has 36 heavy (non-hydrogen) atoms. The number of sulfonamides is 1. The van der Waals surface area contributed by atoms with Gasteiger partial charge in [0.15, 0.2) is 0 Å². The summed E-state index contributed by atoms with van der Waals surface area (Å²) in [5.74, 6) is -2.78. The molecule has 3 saturated carbocycles. The van der Waals surface area contributed by atoms with Crippen LogP contribution in [-0.2, 0) is 33.9 Å². The van der Waals surface area contributed by atoms with Crippen molar-refractivity contribution in [3.05, 3.63) is 12.2 Å². The Labute approximate surface area is 213 Å². The van der Waals surface area contributed by atoms with Crippen LogP contribution in [0.15, 0.2) is 12.2 Å². The van der Waals surface area contributed by atoms with Gasteiger partial charge in [0.05, 0.1) is 22.7 Å². The molecule has 0 saturated heterocycles. The molecule has 0 aromatic carbocycles. The lowest BCUT2D eigenvalue weighted by Gasteiger charge is -2.27. The summed E-state index contributed by atoms with van der Waals surface area (Å²) in [6.45, 7) is 4.66. The molecule has 4 rings (SSSR count). The van der Waals surface area contributed by atoms with E-state index in [0.717, 1.165) is 19.3 Å². The van der Waals surface area contributed by atoms with Gasteiger partial charge in [-0.25, -0.2) is 8.42 Å². The van der Waals surface area contributed by atoms with Crippen molar-refractivity contribution in [3.8, 4) is 0 Å². The first kappa shape index (κ1) is 27.1. The topological polar surface area (TPSA) is 131 Å². The van der Waals surface area contributed by atoms with E-state index < -0.39 is 44.0 Å². The van der Waals surface area contributed by atoms with Crippen LogP contribution in [0.2, 0.25) is 0 Å². The van der Waals surface area contributed by atoms with Crippen molar-refractivity contribution in [1.82, 2.24) is 14.9 Å². The van der Waals surface area contributed by atoms with Crippen LogP contribution in [-0.4, -0.2) is 74.4 Å². The van der Waals surface area contributed by atoms with Gasteiger partial charge in [0, 0.05) is 26.1 Å². The zero-order valence-corrected chi connectivity index (χ0v) is 22.3. The van der Waals surface area contributed by atoms with E-state index in [0.29, 0.717) is 45.3 Å². The Morgan fingerprint density at radius 1 is 1.22 bits per heavy atom. The molecule has 4 aliphatic rings. The predicted octanol–water partition coefficient (Wildman–Crippen LogP) is 1.46.